The van der Waals surface area contributed by atoms with E-state index in [0.717, 1.165) is 38.4 Å². The zero-order valence-corrected chi connectivity index (χ0v) is 14.9. The number of halogens is 1. The van der Waals surface area contributed by atoms with E-state index in [-0.39, 0.29) is 24.0 Å². The van der Waals surface area contributed by atoms with Crippen LogP contribution < -0.4 is 5.32 Å². The Hall–Kier alpha value is -1.30. The summed E-state index contributed by atoms with van der Waals surface area (Å²) in [7, 11) is 1.83. The summed E-state index contributed by atoms with van der Waals surface area (Å²) in [6.45, 7) is 6.53. The predicted octanol–water partition coefficient (Wildman–Crippen LogP) is 3.55. The lowest BCUT2D eigenvalue weighted by Crippen LogP contribution is -2.44. The standard InChI is InChI=1S/C17H23N3.HI/c1-3-11-19-17(18-2)20-12-9-16(10-13-20)14-15-7-5-4-6-8-15;/h3-8,14H,1,9-13H2,2H3,(H,18,19);1H. The van der Waals surface area contributed by atoms with Crippen molar-refractivity contribution in [3.05, 3.63) is 54.1 Å². The quantitative estimate of drug-likeness (QED) is 0.366. The van der Waals surface area contributed by atoms with Crippen LogP contribution in [0.2, 0.25) is 0 Å². The van der Waals surface area contributed by atoms with Gasteiger partial charge in [0.1, 0.15) is 0 Å². The minimum absolute atomic E-state index is 0. The molecule has 1 N–H and O–H groups in total. The molecule has 0 saturated carbocycles. The van der Waals surface area contributed by atoms with Crippen LogP contribution in [-0.2, 0) is 0 Å². The molecule has 3 nitrogen and oxygen atoms in total. The summed E-state index contributed by atoms with van der Waals surface area (Å²) in [5.74, 6) is 0.976. The molecule has 1 saturated heterocycles. The Morgan fingerprint density at radius 1 is 1.29 bits per heavy atom. The van der Waals surface area contributed by atoms with Gasteiger partial charge in [0, 0.05) is 26.7 Å². The van der Waals surface area contributed by atoms with Gasteiger partial charge in [-0.2, -0.15) is 0 Å². The monoisotopic (exact) mass is 397 g/mol. The fourth-order valence-electron chi connectivity index (χ4n) is 2.43. The zero-order valence-electron chi connectivity index (χ0n) is 12.6. The van der Waals surface area contributed by atoms with E-state index in [2.05, 4.69) is 58.2 Å². The number of likely N-dealkylation sites (tertiary alicyclic amines) is 1. The van der Waals surface area contributed by atoms with Gasteiger partial charge >= 0.3 is 0 Å². The van der Waals surface area contributed by atoms with Crippen LogP contribution in [0, 0.1) is 0 Å². The number of benzene rings is 1. The van der Waals surface area contributed by atoms with Gasteiger partial charge in [-0.3, -0.25) is 4.99 Å². The number of piperidine rings is 1. The molecule has 1 aliphatic heterocycles. The molecule has 0 spiro atoms. The lowest BCUT2D eigenvalue weighted by atomic mass is 10.0. The third-order valence-corrected chi connectivity index (χ3v) is 3.49. The molecule has 1 fully saturated rings. The normalized spacial score (nSPS) is 15.2. The van der Waals surface area contributed by atoms with Crippen molar-refractivity contribution in [2.45, 2.75) is 12.8 Å². The number of nitrogens with one attached hydrogen (secondary N) is 1. The van der Waals surface area contributed by atoms with Crippen molar-refractivity contribution in [1.82, 2.24) is 10.2 Å². The Bertz CT molecular complexity index is 484. The van der Waals surface area contributed by atoms with E-state index in [1.54, 1.807) is 0 Å². The summed E-state index contributed by atoms with van der Waals surface area (Å²) in [6.07, 6.45) is 6.38. The molecule has 1 aromatic rings. The molecule has 1 aromatic carbocycles. The van der Waals surface area contributed by atoms with E-state index in [1.165, 1.54) is 11.1 Å². The molecule has 0 unspecified atom stereocenters. The molecule has 114 valence electrons. The van der Waals surface area contributed by atoms with Crippen LogP contribution >= 0.6 is 24.0 Å². The molecule has 0 bridgehead atoms. The second-order valence-electron chi connectivity index (χ2n) is 4.92. The summed E-state index contributed by atoms with van der Waals surface area (Å²) >= 11 is 0. The van der Waals surface area contributed by atoms with Crippen LogP contribution in [0.25, 0.3) is 6.08 Å². The summed E-state index contributed by atoms with van der Waals surface area (Å²) in [5, 5.41) is 3.29. The smallest absolute Gasteiger partial charge is 0.193 e. The SMILES string of the molecule is C=CCNC(=NC)N1CCC(=Cc2ccccc2)CC1.I. The van der Waals surface area contributed by atoms with E-state index in [4.69, 9.17) is 0 Å². The van der Waals surface area contributed by atoms with Gasteiger partial charge in [-0.1, -0.05) is 48.1 Å². The topological polar surface area (TPSA) is 27.6 Å². The molecular weight excluding hydrogens is 373 g/mol. The predicted molar refractivity (Wildman–Crippen MR) is 102 cm³/mol. The maximum atomic E-state index is 4.32. The number of rotatable bonds is 3. The molecule has 4 heteroatoms. The first-order valence-corrected chi connectivity index (χ1v) is 7.14. The van der Waals surface area contributed by atoms with E-state index in [1.807, 2.05) is 13.1 Å². The minimum Gasteiger partial charge on any atom is -0.353 e. The molecule has 1 aliphatic rings. The van der Waals surface area contributed by atoms with Crippen molar-refractivity contribution < 1.29 is 0 Å². The summed E-state index contributed by atoms with van der Waals surface area (Å²) in [4.78, 5) is 6.63. The van der Waals surface area contributed by atoms with Gasteiger partial charge in [0.05, 0.1) is 0 Å². The van der Waals surface area contributed by atoms with Crippen LogP contribution in [0.1, 0.15) is 18.4 Å². The fourth-order valence-corrected chi connectivity index (χ4v) is 2.43. The third kappa shape index (κ3) is 5.53. The van der Waals surface area contributed by atoms with Gasteiger partial charge in [-0.25, -0.2) is 0 Å². The van der Waals surface area contributed by atoms with Gasteiger partial charge in [0.25, 0.3) is 0 Å². The number of hydrogen-bond acceptors (Lipinski definition) is 1. The Labute approximate surface area is 144 Å². The van der Waals surface area contributed by atoms with Crippen molar-refractivity contribution in [1.29, 1.82) is 0 Å². The molecule has 0 aromatic heterocycles. The summed E-state index contributed by atoms with van der Waals surface area (Å²) < 4.78 is 0. The van der Waals surface area contributed by atoms with Crippen molar-refractivity contribution in [3.63, 3.8) is 0 Å². The first-order chi connectivity index (χ1) is 9.83. The number of nitrogens with zero attached hydrogens (tertiary/aromatic N) is 2. The van der Waals surface area contributed by atoms with E-state index in [0.29, 0.717) is 0 Å². The molecule has 1 heterocycles. The van der Waals surface area contributed by atoms with Gasteiger partial charge in [0.2, 0.25) is 0 Å². The van der Waals surface area contributed by atoms with Crippen LogP contribution in [0.5, 0.6) is 0 Å². The van der Waals surface area contributed by atoms with E-state index in [9.17, 15) is 0 Å². The van der Waals surface area contributed by atoms with Crippen molar-refractivity contribution in [2.24, 2.45) is 4.99 Å². The first kappa shape index (κ1) is 17.8. The summed E-state index contributed by atoms with van der Waals surface area (Å²) in [6, 6.07) is 10.5. The highest BCUT2D eigenvalue weighted by molar-refractivity contribution is 14.0. The first-order valence-electron chi connectivity index (χ1n) is 7.14. The number of aliphatic imine (C=N–C) groups is 1. The fraction of sp³-hybridized carbons (Fsp3) is 0.353. The number of hydrogen-bond donors (Lipinski definition) is 1. The lowest BCUT2D eigenvalue weighted by Gasteiger charge is -2.31. The Balaban J connectivity index is 0.00000220. The molecule has 0 radical (unpaired) electrons. The van der Waals surface area contributed by atoms with Crippen LogP contribution in [0.4, 0.5) is 0 Å². The average molecular weight is 397 g/mol. The van der Waals surface area contributed by atoms with Crippen molar-refractivity contribution in [3.8, 4) is 0 Å². The molecule has 21 heavy (non-hydrogen) atoms. The van der Waals surface area contributed by atoms with Crippen LogP contribution in [0.3, 0.4) is 0 Å². The molecular formula is C17H24IN3. The highest BCUT2D eigenvalue weighted by Crippen LogP contribution is 2.19. The Kier molecular flexibility index (Phi) is 8.12. The Morgan fingerprint density at radius 2 is 1.95 bits per heavy atom. The van der Waals surface area contributed by atoms with E-state index < -0.39 is 0 Å². The largest absolute Gasteiger partial charge is 0.353 e. The molecule has 0 aliphatic carbocycles. The third-order valence-electron chi connectivity index (χ3n) is 3.49. The summed E-state index contributed by atoms with van der Waals surface area (Å²) in [5.41, 5.74) is 2.82. The average Bonchev–Trinajstić information content (AvgIpc) is 2.50. The van der Waals surface area contributed by atoms with Gasteiger partial charge < -0.3 is 10.2 Å². The van der Waals surface area contributed by atoms with Crippen LogP contribution in [-0.4, -0.2) is 37.5 Å². The number of guanidine groups is 1. The zero-order chi connectivity index (χ0) is 14.2. The van der Waals surface area contributed by atoms with Crippen LogP contribution in [0.15, 0.2) is 53.6 Å². The van der Waals surface area contributed by atoms with Gasteiger partial charge in [-0.05, 0) is 18.4 Å². The lowest BCUT2D eigenvalue weighted by molar-refractivity contribution is 0.377. The maximum absolute atomic E-state index is 4.32. The second kappa shape index (κ2) is 9.60. The van der Waals surface area contributed by atoms with Crippen molar-refractivity contribution >= 4 is 36.0 Å². The highest BCUT2D eigenvalue weighted by atomic mass is 127. The van der Waals surface area contributed by atoms with Crippen molar-refractivity contribution in [2.75, 3.05) is 26.7 Å². The molecule has 0 atom stereocenters. The van der Waals surface area contributed by atoms with E-state index >= 15 is 0 Å². The minimum atomic E-state index is 0. The molecule has 2 rings (SSSR count). The highest BCUT2D eigenvalue weighted by Gasteiger charge is 2.16. The van der Waals surface area contributed by atoms with Gasteiger partial charge in [0.15, 0.2) is 5.96 Å². The molecule has 0 amide bonds. The second-order valence-corrected chi connectivity index (χ2v) is 4.92. The maximum Gasteiger partial charge on any atom is 0.193 e. The van der Waals surface area contributed by atoms with Gasteiger partial charge in [-0.15, -0.1) is 30.6 Å². The Morgan fingerprint density at radius 3 is 2.52 bits per heavy atom.